The van der Waals surface area contributed by atoms with Gasteiger partial charge in [0.2, 0.25) is 0 Å². The number of carbonyl (C=O) groups excluding carboxylic acids is 1. The van der Waals surface area contributed by atoms with Gasteiger partial charge in [0.05, 0.1) is 18.2 Å². The number of amides is 1. The summed E-state index contributed by atoms with van der Waals surface area (Å²) in [5, 5.41) is 12.2. The maximum Gasteiger partial charge on any atom is 0.267 e. The average Bonchev–Trinajstić information content (AvgIpc) is 3.16. The number of pyridine rings is 2. The first-order valence-electron chi connectivity index (χ1n) is 9.81. The highest BCUT2D eigenvalue weighted by Crippen LogP contribution is 2.33. The highest BCUT2D eigenvalue weighted by molar-refractivity contribution is 5.98. The molecule has 1 aliphatic heterocycles. The van der Waals surface area contributed by atoms with Crippen molar-refractivity contribution in [2.45, 2.75) is 25.8 Å². The molecule has 4 heterocycles. The molecule has 0 saturated heterocycles. The van der Waals surface area contributed by atoms with Gasteiger partial charge in [-0.15, -0.1) is 0 Å². The largest absolute Gasteiger partial charge is 0.455 e. The van der Waals surface area contributed by atoms with E-state index >= 15 is 0 Å². The van der Waals surface area contributed by atoms with E-state index in [4.69, 9.17) is 9.84 Å². The number of aromatic amines is 1. The van der Waals surface area contributed by atoms with Crippen LogP contribution in [0.5, 0.6) is 11.5 Å². The lowest BCUT2D eigenvalue weighted by molar-refractivity contribution is 0.0940. The zero-order chi connectivity index (χ0) is 20.4. The van der Waals surface area contributed by atoms with Crippen molar-refractivity contribution in [2.24, 2.45) is 0 Å². The molecule has 0 saturated carbocycles. The summed E-state index contributed by atoms with van der Waals surface area (Å²) in [6.07, 6.45) is 4.46. The maximum atomic E-state index is 12.2. The first kappa shape index (κ1) is 19.4. The number of carbonyl (C=O) groups is 1. The summed E-state index contributed by atoms with van der Waals surface area (Å²) in [7, 11) is 2.12. The average molecular weight is 395 g/mol. The molecule has 3 aromatic rings. The summed E-state index contributed by atoms with van der Waals surface area (Å²) in [6.45, 7) is 4.14. The standard InChI is InChI=1S/C21H25N5O3/c1-3-13-11-26(2)12-14-8-15(10-24-19(13)14)29-18-4-5-22-20-16(18)9-17(25-20)21(28)23-6-7-27/h4-5,8-10,13,27H,3,6-7,11-12H2,1-2H3,(H,22,25)(H,23,28)/t13-/m0/s1. The summed E-state index contributed by atoms with van der Waals surface area (Å²) in [4.78, 5) is 26.4. The van der Waals surface area contributed by atoms with E-state index in [2.05, 4.69) is 45.2 Å². The van der Waals surface area contributed by atoms with Gasteiger partial charge in [-0.05, 0) is 37.2 Å². The molecule has 4 rings (SSSR count). The Bertz CT molecular complexity index is 1030. The van der Waals surface area contributed by atoms with Gasteiger partial charge in [-0.25, -0.2) is 4.98 Å². The van der Waals surface area contributed by atoms with Crippen molar-refractivity contribution in [3.63, 3.8) is 0 Å². The molecule has 0 fully saturated rings. The zero-order valence-electron chi connectivity index (χ0n) is 16.6. The summed E-state index contributed by atoms with van der Waals surface area (Å²) in [6, 6.07) is 5.53. The van der Waals surface area contributed by atoms with Crippen LogP contribution in [-0.4, -0.2) is 57.6 Å². The fourth-order valence-electron chi connectivity index (χ4n) is 3.80. The normalized spacial score (nSPS) is 16.6. The number of hydrogen-bond donors (Lipinski definition) is 3. The molecule has 0 radical (unpaired) electrons. The highest BCUT2D eigenvalue weighted by Gasteiger charge is 2.24. The number of nitrogens with one attached hydrogen (secondary N) is 2. The van der Waals surface area contributed by atoms with Gasteiger partial charge in [-0.1, -0.05) is 6.92 Å². The molecule has 0 spiro atoms. The summed E-state index contributed by atoms with van der Waals surface area (Å²) < 4.78 is 6.12. The van der Waals surface area contributed by atoms with Gasteiger partial charge in [0.15, 0.2) is 0 Å². The second-order valence-corrected chi connectivity index (χ2v) is 7.35. The van der Waals surface area contributed by atoms with E-state index in [0.29, 0.717) is 34.1 Å². The Labute approximate surface area is 168 Å². The van der Waals surface area contributed by atoms with Crippen molar-refractivity contribution in [3.05, 3.63) is 47.5 Å². The lowest BCUT2D eigenvalue weighted by Gasteiger charge is -2.30. The fraction of sp³-hybridized carbons (Fsp3) is 0.381. The number of likely N-dealkylation sites (N-methyl/N-ethyl adjacent to an activating group) is 1. The maximum absolute atomic E-state index is 12.2. The molecular weight excluding hydrogens is 370 g/mol. The number of nitrogens with zero attached hydrogens (tertiary/aromatic N) is 3. The van der Waals surface area contributed by atoms with Crippen LogP contribution >= 0.6 is 0 Å². The van der Waals surface area contributed by atoms with Gasteiger partial charge in [0.25, 0.3) is 5.91 Å². The van der Waals surface area contributed by atoms with Gasteiger partial charge in [0.1, 0.15) is 22.8 Å². The van der Waals surface area contributed by atoms with Crippen LogP contribution in [0.1, 0.15) is 41.0 Å². The molecule has 152 valence electrons. The second-order valence-electron chi connectivity index (χ2n) is 7.35. The van der Waals surface area contributed by atoms with E-state index in [9.17, 15) is 4.79 Å². The molecule has 29 heavy (non-hydrogen) atoms. The van der Waals surface area contributed by atoms with E-state index in [0.717, 1.165) is 25.2 Å². The van der Waals surface area contributed by atoms with Crippen LogP contribution in [0.3, 0.4) is 0 Å². The van der Waals surface area contributed by atoms with E-state index in [1.807, 2.05) is 0 Å². The van der Waals surface area contributed by atoms with Crippen molar-refractivity contribution in [1.29, 1.82) is 0 Å². The minimum atomic E-state index is -0.299. The van der Waals surface area contributed by atoms with Gasteiger partial charge >= 0.3 is 0 Å². The summed E-state index contributed by atoms with van der Waals surface area (Å²) in [5.41, 5.74) is 3.27. The number of H-pyrrole nitrogens is 1. The van der Waals surface area contributed by atoms with Crippen molar-refractivity contribution < 1.29 is 14.6 Å². The Hall–Kier alpha value is -2.97. The third kappa shape index (κ3) is 3.94. The quantitative estimate of drug-likeness (QED) is 0.592. The monoisotopic (exact) mass is 395 g/mol. The SMILES string of the molecule is CC[C@H]1CN(C)Cc2cc(Oc3ccnc4[nH]c(C(=O)NCCO)cc34)cnc21. The third-order valence-corrected chi connectivity index (χ3v) is 5.19. The number of fused-ring (bicyclic) bond motifs is 2. The molecule has 0 aliphatic carbocycles. The fourth-order valence-corrected chi connectivity index (χ4v) is 3.80. The number of aromatic nitrogens is 3. The Morgan fingerprint density at radius 3 is 3.07 bits per heavy atom. The van der Waals surface area contributed by atoms with Crippen molar-refractivity contribution in [1.82, 2.24) is 25.2 Å². The second kappa shape index (κ2) is 8.18. The molecule has 3 N–H and O–H groups in total. The Morgan fingerprint density at radius 2 is 2.28 bits per heavy atom. The summed E-state index contributed by atoms with van der Waals surface area (Å²) >= 11 is 0. The van der Waals surface area contributed by atoms with E-state index in [1.165, 1.54) is 5.56 Å². The predicted octanol–water partition coefficient (Wildman–Crippen LogP) is 2.41. The van der Waals surface area contributed by atoms with Crippen LogP contribution in [0.15, 0.2) is 30.6 Å². The topological polar surface area (TPSA) is 103 Å². The molecule has 0 aromatic carbocycles. The van der Waals surface area contributed by atoms with Crippen LogP contribution < -0.4 is 10.1 Å². The number of aliphatic hydroxyl groups is 1. The van der Waals surface area contributed by atoms with Crippen molar-refractivity contribution in [3.8, 4) is 11.5 Å². The van der Waals surface area contributed by atoms with E-state index in [-0.39, 0.29) is 19.1 Å². The Morgan fingerprint density at radius 1 is 1.41 bits per heavy atom. The van der Waals surface area contributed by atoms with Crippen LogP contribution in [0.25, 0.3) is 11.0 Å². The molecule has 3 aromatic heterocycles. The Balaban J connectivity index is 1.62. The van der Waals surface area contributed by atoms with Crippen molar-refractivity contribution in [2.75, 3.05) is 26.7 Å². The van der Waals surface area contributed by atoms with E-state index in [1.54, 1.807) is 24.5 Å². The predicted molar refractivity (Wildman–Crippen MR) is 109 cm³/mol. The third-order valence-electron chi connectivity index (χ3n) is 5.19. The molecule has 8 heteroatoms. The highest BCUT2D eigenvalue weighted by atomic mass is 16.5. The minimum Gasteiger partial charge on any atom is -0.455 e. The van der Waals surface area contributed by atoms with Crippen LogP contribution in [0.2, 0.25) is 0 Å². The zero-order valence-corrected chi connectivity index (χ0v) is 16.6. The lowest BCUT2D eigenvalue weighted by Crippen LogP contribution is -2.30. The molecular formula is C21H25N5O3. The molecule has 0 unspecified atom stereocenters. The van der Waals surface area contributed by atoms with Crippen LogP contribution in [-0.2, 0) is 6.54 Å². The molecule has 1 aliphatic rings. The first-order valence-corrected chi connectivity index (χ1v) is 9.81. The van der Waals surface area contributed by atoms with Crippen LogP contribution in [0.4, 0.5) is 0 Å². The van der Waals surface area contributed by atoms with Gasteiger partial charge in [-0.3, -0.25) is 9.78 Å². The van der Waals surface area contributed by atoms with Gasteiger partial charge in [-0.2, -0.15) is 0 Å². The smallest absolute Gasteiger partial charge is 0.267 e. The molecule has 1 amide bonds. The molecule has 0 bridgehead atoms. The van der Waals surface area contributed by atoms with E-state index < -0.39 is 0 Å². The lowest BCUT2D eigenvalue weighted by atomic mass is 9.93. The van der Waals surface area contributed by atoms with Crippen LogP contribution in [0, 0.1) is 0 Å². The molecule has 1 atom stereocenters. The Kier molecular flexibility index (Phi) is 5.46. The van der Waals surface area contributed by atoms with Crippen molar-refractivity contribution >= 4 is 16.9 Å². The van der Waals surface area contributed by atoms with Gasteiger partial charge < -0.3 is 25.0 Å². The summed E-state index contributed by atoms with van der Waals surface area (Å²) in [5.74, 6) is 1.40. The number of ether oxygens (including phenoxy) is 1. The number of aliphatic hydroxyl groups excluding tert-OH is 1. The van der Waals surface area contributed by atoms with Gasteiger partial charge in [0, 0.05) is 37.4 Å². The molecule has 8 nitrogen and oxygen atoms in total. The first-order chi connectivity index (χ1) is 14.1. The number of hydrogen-bond acceptors (Lipinski definition) is 6. The minimum absolute atomic E-state index is 0.113. The number of rotatable bonds is 6.